The number of carbonyl (C=O) groups is 1. The predicted octanol–water partition coefficient (Wildman–Crippen LogP) is 4.17. The monoisotopic (exact) mass is 374 g/mol. The average Bonchev–Trinajstić information content (AvgIpc) is 3.18. The van der Waals surface area contributed by atoms with Crippen LogP contribution in [0.2, 0.25) is 0 Å². The molecule has 1 aromatic rings. The highest BCUT2D eigenvalue weighted by Gasteiger charge is 2.45. The molecule has 3 rings (SSSR count). The van der Waals surface area contributed by atoms with E-state index < -0.39 is 0 Å². The van der Waals surface area contributed by atoms with Gasteiger partial charge in [-0.3, -0.25) is 9.89 Å². The van der Waals surface area contributed by atoms with E-state index in [2.05, 4.69) is 47.8 Å². The fraction of sp³-hybridized carbons (Fsp3) is 0.818. The first kappa shape index (κ1) is 20.4. The molecule has 2 aliphatic rings. The van der Waals surface area contributed by atoms with Gasteiger partial charge in [0.15, 0.2) is 0 Å². The minimum absolute atomic E-state index is 0.237. The zero-order chi connectivity index (χ0) is 19.4. The number of aromatic amines is 1. The Morgan fingerprint density at radius 2 is 2.11 bits per heavy atom. The second-order valence-electron chi connectivity index (χ2n) is 9.52. The normalized spacial score (nSPS) is 26.1. The average molecular weight is 375 g/mol. The first-order valence-corrected chi connectivity index (χ1v) is 10.9. The molecule has 1 aromatic heterocycles. The van der Waals surface area contributed by atoms with Crippen molar-refractivity contribution in [2.45, 2.75) is 78.2 Å². The van der Waals surface area contributed by atoms with E-state index in [1.54, 1.807) is 0 Å². The van der Waals surface area contributed by atoms with Crippen LogP contribution in [0.5, 0.6) is 0 Å². The van der Waals surface area contributed by atoms with E-state index in [9.17, 15) is 4.79 Å². The third-order valence-corrected chi connectivity index (χ3v) is 6.53. The van der Waals surface area contributed by atoms with Crippen molar-refractivity contribution in [1.29, 1.82) is 0 Å². The van der Waals surface area contributed by atoms with Gasteiger partial charge in [-0.15, -0.1) is 0 Å². The Kier molecular flexibility index (Phi) is 6.61. The van der Waals surface area contributed by atoms with E-state index >= 15 is 0 Å². The van der Waals surface area contributed by atoms with Gasteiger partial charge in [-0.2, -0.15) is 5.10 Å². The van der Waals surface area contributed by atoms with Gasteiger partial charge in [-0.05, 0) is 57.0 Å². The van der Waals surface area contributed by atoms with Gasteiger partial charge >= 0.3 is 0 Å². The zero-order valence-corrected chi connectivity index (χ0v) is 17.8. The van der Waals surface area contributed by atoms with Crippen molar-refractivity contribution in [3.63, 3.8) is 0 Å². The van der Waals surface area contributed by atoms with Crippen LogP contribution in [0.1, 0.15) is 82.9 Å². The second kappa shape index (κ2) is 8.76. The second-order valence-corrected chi connectivity index (χ2v) is 9.52. The molecule has 2 heterocycles. The summed E-state index contributed by atoms with van der Waals surface area (Å²) < 4.78 is 0. The number of amides is 1. The summed E-state index contributed by atoms with van der Waals surface area (Å²) in [4.78, 5) is 17.0. The van der Waals surface area contributed by atoms with Gasteiger partial charge < -0.3 is 9.80 Å². The highest BCUT2D eigenvalue weighted by Crippen LogP contribution is 2.48. The van der Waals surface area contributed by atoms with Gasteiger partial charge in [-0.25, -0.2) is 0 Å². The number of nitrogens with zero attached hydrogens (tertiary/aromatic N) is 3. The number of unbranched alkanes of at least 4 members (excludes halogenated alkanes) is 1. The first-order chi connectivity index (χ1) is 12.9. The van der Waals surface area contributed by atoms with Crippen molar-refractivity contribution >= 4 is 5.91 Å². The summed E-state index contributed by atoms with van der Waals surface area (Å²) in [5, 5.41) is 7.67. The van der Waals surface area contributed by atoms with Gasteiger partial charge in [0, 0.05) is 43.2 Å². The Balaban J connectivity index is 1.57. The summed E-state index contributed by atoms with van der Waals surface area (Å²) in [6, 6.07) is 0. The molecule has 5 heteroatoms. The standard InChI is InChI=1S/C22H38N4O/c1-5-6-11-25(4)15-19-13-23-24-21(19)18-7-9-22(10-8-18)12-20(27)26(16-22)14-17(2)3/h13,17-18H,5-12,14-16H2,1-4H3,(H,23,24). The molecular weight excluding hydrogens is 336 g/mol. The van der Waals surface area contributed by atoms with Crippen LogP contribution >= 0.6 is 0 Å². The Morgan fingerprint density at radius 1 is 1.37 bits per heavy atom. The third kappa shape index (κ3) is 4.92. The number of hydrogen-bond acceptors (Lipinski definition) is 3. The van der Waals surface area contributed by atoms with E-state index in [1.807, 2.05) is 6.20 Å². The summed E-state index contributed by atoms with van der Waals surface area (Å²) in [6.45, 7) is 10.7. The van der Waals surface area contributed by atoms with Crippen molar-refractivity contribution < 1.29 is 4.79 Å². The van der Waals surface area contributed by atoms with Crippen LogP contribution in [0.3, 0.4) is 0 Å². The number of likely N-dealkylation sites (tertiary alicyclic amines) is 1. The van der Waals surface area contributed by atoms with Crippen molar-refractivity contribution in [1.82, 2.24) is 20.0 Å². The van der Waals surface area contributed by atoms with E-state index in [0.717, 1.165) is 32.6 Å². The summed E-state index contributed by atoms with van der Waals surface area (Å²) in [5.74, 6) is 1.50. The summed E-state index contributed by atoms with van der Waals surface area (Å²) in [7, 11) is 2.20. The SMILES string of the molecule is CCCCN(C)Cc1cn[nH]c1C1CCC2(CC1)CC(=O)N(CC(C)C)C2. The highest BCUT2D eigenvalue weighted by molar-refractivity contribution is 5.79. The molecule has 5 nitrogen and oxygen atoms in total. The lowest BCUT2D eigenvalue weighted by atomic mass is 9.69. The summed E-state index contributed by atoms with van der Waals surface area (Å²) in [5.41, 5.74) is 2.94. The maximum absolute atomic E-state index is 12.5. The fourth-order valence-corrected chi connectivity index (χ4v) is 5.04. The smallest absolute Gasteiger partial charge is 0.223 e. The van der Waals surface area contributed by atoms with Crippen LogP contribution in [0.25, 0.3) is 0 Å². The van der Waals surface area contributed by atoms with E-state index in [-0.39, 0.29) is 5.41 Å². The van der Waals surface area contributed by atoms with Crippen LogP contribution in [0.4, 0.5) is 0 Å². The molecule has 1 saturated carbocycles. The minimum atomic E-state index is 0.237. The first-order valence-electron chi connectivity index (χ1n) is 10.9. The lowest BCUT2D eigenvalue weighted by Gasteiger charge is -2.37. The van der Waals surface area contributed by atoms with Crippen LogP contribution in [-0.2, 0) is 11.3 Å². The van der Waals surface area contributed by atoms with Gasteiger partial charge in [0.1, 0.15) is 0 Å². The minimum Gasteiger partial charge on any atom is -0.342 e. The quantitative estimate of drug-likeness (QED) is 0.743. The van der Waals surface area contributed by atoms with Gasteiger partial charge in [0.25, 0.3) is 0 Å². The molecule has 0 bridgehead atoms. The van der Waals surface area contributed by atoms with Crippen LogP contribution in [0.15, 0.2) is 6.20 Å². The molecule has 0 atom stereocenters. The Bertz CT molecular complexity index is 616. The molecular formula is C22H38N4O. The lowest BCUT2D eigenvalue weighted by Crippen LogP contribution is -2.33. The lowest BCUT2D eigenvalue weighted by molar-refractivity contribution is -0.128. The maximum atomic E-state index is 12.5. The largest absolute Gasteiger partial charge is 0.342 e. The van der Waals surface area contributed by atoms with Crippen molar-refractivity contribution in [3.05, 3.63) is 17.5 Å². The van der Waals surface area contributed by atoms with Crippen LogP contribution < -0.4 is 0 Å². The van der Waals surface area contributed by atoms with Crippen molar-refractivity contribution in [2.24, 2.45) is 11.3 Å². The number of rotatable bonds is 8. The molecule has 0 aromatic carbocycles. The fourth-order valence-electron chi connectivity index (χ4n) is 5.04. The van der Waals surface area contributed by atoms with Crippen LogP contribution in [-0.4, -0.2) is 52.6 Å². The Hall–Kier alpha value is -1.36. The van der Waals surface area contributed by atoms with E-state index in [0.29, 0.717) is 17.7 Å². The number of nitrogens with one attached hydrogen (secondary N) is 1. The third-order valence-electron chi connectivity index (χ3n) is 6.53. The molecule has 2 fully saturated rings. The predicted molar refractivity (Wildman–Crippen MR) is 110 cm³/mol. The van der Waals surface area contributed by atoms with Gasteiger partial charge in [0.05, 0.1) is 6.20 Å². The van der Waals surface area contributed by atoms with E-state index in [4.69, 9.17) is 0 Å². The maximum Gasteiger partial charge on any atom is 0.223 e. The summed E-state index contributed by atoms with van der Waals surface area (Å²) >= 11 is 0. The number of hydrogen-bond donors (Lipinski definition) is 1. The molecule has 1 spiro atoms. The van der Waals surface area contributed by atoms with Gasteiger partial charge in [-0.1, -0.05) is 27.2 Å². The molecule has 27 heavy (non-hydrogen) atoms. The Labute approximate surface area is 164 Å². The summed E-state index contributed by atoms with van der Waals surface area (Å²) in [6.07, 6.45) is 9.96. The van der Waals surface area contributed by atoms with Crippen LogP contribution in [0, 0.1) is 11.3 Å². The van der Waals surface area contributed by atoms with Gasteiger partial charge in [0.2, 0.25) is 5.91 Å². The topological polar surface area (TPSA) is 52.2 Å². The molecule has 1 aliphatic carbocycles. The van der Waals surface area contributed by atoms with E-state index in [1.165, 1.54) is 49.8 Å². The van der Waals surface area contributed by atoms with Crippen molar-refractivity contribution in [3.8, 4) is 0 Å². The molecule has 1 saturated heterocycles. The molecule has 0 radical (unpaired) electrons. The number of aromatic nitrogens is 2. The zero-order valence-electron chi connectivity index (χ0n) is 17.8. The number of H-pyrrole nitrogens is 1. The molecule has 152 valence electrons. The Morgan fingerprint density at radius 3 is 2.78 bits per heavy atom. The highest BCUT2D eigenvalue weighted by atomic mass is 16.2. The molecule has 0 unspecified atom stereocenters. The molecule has 1 N–H and O–H groups in total. The van der Waals surface area contributed by atoms with Crippen molar-refractivity contribution in [2.75, 3.05) is 26.7 Å². The molecule has 1 amide bonds. The number of carbonyl (C=O) groups excluding carboxylic acids is 1. The molecule has 1 aliphatic heterocycles.